The molecule has 30 heavy (non-hydrogen) atoms. The number of piperidine rings is 1. The maximum atomic E-state index is 13.8. The highest BCUT2D eigenvalue weighted by Crippen LogP contribution is 2.44. The standard InChI is InChI=1S/C24H38N2O4/c1-14(2)9-17-13-26-8-7-16-10-21(28-5)22(29-6)11-18(16)19(26)12-20(17)30-24(27)23(25)15(3)4/h10-11,14-15,17,19-20,23H,7-9,12-13,25H2,1-6H3/t17?,19?,20?,23-/m0/s1/i3D3,4D3,5D3,11D,12D2,13D2,15D,17D,19D,20D,23D. The van der Waals surface area contributed by atoms with E-state index < -0.39 is 111 Å². The molecule has 168 valence electrons. The predicted octanol–water partition coefficient (Wildman–Crippen LogP) is 3.56. The molecule has 2 aliphatic heterocycles. The molecular weight excluding hydrogens is 380 g/mol. The average molecular weight is 438 g/mol. The van der Waals surface area contributed by atoms with Crippen molar-refractivity contribution in [3.05, 3.63) is 23.2 Å². The molecule has 0 radical (unpaired) electrons. The summed E-state index contributed by atoms with van der Waals surface area (Å²) in [5.74, 6) is -11.8. The fourth-order valence-electron chi connectivity index (χ4n) is 3.19. The number of hydrogen-bond acceptors (Lipinski definition) is 6. The van der Waals surface area contributed by atoms with Gasteiger partial charge >= 0.3 is 5.97 Å². The number of fused-ring (bicyclic) bond motifs is 3. The Morgan fingerprint density at radius 3 is 2.93 bits per heavy atom. The van der Waals surface area contributed by atoms with E-state index in [9.17, 15) is 11.6 Å². The van der Waals surface area contributed by atoms with Gasteiger partial charge in [-0.15, -0.1) is 0 Å². The van der Waals surface area contributed by atoms with Crippen molar-refractivity contribution in [1.82, 2.24) is 4.90 Å². The number of ether oxygens (including phenoxy) is 3. The van der Waals surface area contributed by atoms with Gasteiger partial charge in [-0.3, -0.25) is 9.69 Å². The molecule has 1 aromatic rings. The van der Waals surface area contributed by atoms with E-state index in [1.54, 1.807) is 0 Å². The summed E-state index contributed by atoms with van der Waals surface area (Å²) in [6.07, 6.45) is -8.89. The van der Waals surface area contributed by atoms with Crippen LogP contribution in [0.2, 0.25) is 0 Å². The average Bonchev–Trinajstić information content (AvgIpc) is 2.88. The van der Waals surface area contributed by atoms with Crippen molar-refractivity contribution in [3.63, 3.8) is 0 Å². The smallest absolute Gasteiger partial charge is 0.323 e. The van der Waals surface area contributed by atoms with Crippen LogP contribution in [0.1, 0.15) is 83.5 Å². The summed E-state index contributed by atoms with van der Waals surface area (Å²) >= 11 is 0. The SMILES string of the molecule is [2H]c1c(OC)c(OC([2H])([2H])[2H])cc2c1C1([2H])N(CC2)C([2H])([2H])C([2H])(CC(C)C)C([2H])(OC(=O)[C@@]([2H])(N)C([2H])(C([2H])([2H])[2H])C([2H])([2H])[2H])C1([2H])[2H]. The molecule has 3 rings (SSSR count). The largest absolute Gasteiger partial charge is 0.493 e. The topological polar surface area (TPSA) is 74.0 Å². The van der Waals surface area contributed by atoms with Crippen molar-refractivity contribution in [3.8, 4) is 11.5 Å². The molecule has 0 spiro atoms. The van der Waals surface area contributed by atoms with Gasteiger partial charge in [0.1, 0.15) is 12.1 Å². The summed E-state index contributed by atoms with van der Waals surface area (Å²) in [6, 6.07) is -7.29. The summed E-state index contributed by atoms with van der Waals surface area (Å²) in [6.45, 7) is -9.00. The monoisotopic (exact) mass is 437 g/mol. The van der Waals surface area contributed by atoms with Gasteiger partial charge < -0.3 is 19.9 Å². The van der Waals surface area contributed by atoms with Crippen LogP contribution in [0.15, 0.2) is 12.1 Å². The Hall–Kier alpha value is -1.79. The molecule has 0 bridgehead atoms. The lowest BCUT2D eigenvalue weighted by Crippen LogP contribution is -2.51. The van der Waals surface area contributed by atoms with Gasteiger partial charge in [-0.25, -0.2) is 0 Å². The Balaban J connectivity index is 2.46. The van der Waals surface area contributed by atoms with Gasteiger partial charge in [0.15, 0.2) is 11.5 Å². The number of carbonyl (C=O) groups excluding carboxylic acids is 1. The molecule has 1 aromatic carbocycles. The number of nitrogens with two attached hydrogens (primary N) is 1. The second kappa shape index (κ2) is 9.56. The Morgan fingerprint density at radius 1 is 1.47 bits per heavy atom. The molecule has 2 N–H and O–H groups in total. The Labute approximate surface area is 207 Å². The Morgan fingerprint density at radius 2 is 2.27 bits per heavy atom. The van der Waals surface area contributed by atoms with Crippen LogP contribution in [0, 0.1) is 17.7 Å². The molecule has 6 nitrogen and oxygen atoms in total. The number of rotatable bonds is 7. The minimum atomic E-state index is -4.17. The van der Waals surface area contributed by atoms with Crippen LogP contribution < -0.4 is 15.2 Å². The number of nitrogens with zero attached hydrogens (tertiary/aromatic N) is 1. The minimum absolute atomic E-state index is 0.130. The number of esters is 1. The lowest BCUT2D eigenvalue weighted by Gasteiger charge is -2.47. The van der Waals surface area contributed by atoms with Gasteiger partial charge in [-0.05, 0) is 47.9 Å². The molecule has 2 heterocycles. The van der Waals surface area contributed by atoms with Crippen LogP contribution in [0.25, 0.3) is 0 Å². The Bertz CT molecular complexity index is 1460. The van der Waals surface area contributed by atoms with Crippen molar-refractivity contribution >= 4 is 5.97 Å². The quantitative estimate of drug-likeness (QED) is 0.658. The predicted molar refractivity (Wildman–Crippen MR) is 118 cm³/mol. The first-order chi connectivity index (χ1) is 21.6. The van der Waals surface area contributed by atoms with E-state index in [0.717, 1.165) is 13.2 Å². The maximum absolute atomic E-state index is 13.8. The van der Waals surface area contributed by atoms with Gasteiger partial charge in [0.2, 0.25) is 0 Å². The first-order valence-electron chi connectivity index (χ1n) is 18.8. The summed E-state index contributed by atoms with van der Waals surface area (Å²) in [5, 5.41) is 0. The normalized spacial score (nSPS) is 47.6. The molecule has 3 unspecified atom stereocenters. The Kier molecular flexibility index (Phi) is 2.75. The van der Waals surface area contributed by atoms with E-state index >= 15 is 0 Å². The molecule has 0 amide bonds. The third kappa shape index (κ3) is 4.75. The molecular formula is C24H38N2O4. The van der Waals surface area contributed by atoms with Crippen LogP contribution in [0.3, 0.4) is 0 Å². The van der Waals surface area contributed by atoms with Crippen molar-refractivity contribution < 1.29 is 45.0 Å². The number of methoxy groups -OCH3 is 2. The zero-order valence-electron chi connectivity index (χ0n) is 35.9. The maximum Gasteiger partial charge on any atom is 0.323 e. The van der Waals surface area contributed by atoms with Gasteiger partial charge in [-0.2, -0.15) is 0 Å². The van der Waals surface area contributed by atoms with Gasteiger partial charge in [-0.1, -0.05) is 27.6 Å². The van der Waals surface area contributed by atoms with E-state index in [4.69, 9.17) is 39.1 Å². The molecule has 6 heteroatoms. The zero-order chi connectivity index (χ0) is 38.6. The molecule has 0 saturated carbocycles. The number of hydrogen-bond donors (Lipinski definition) is 1. The fourth-order valence-corrected chi connectivity index (χ4v) is 3.19. The van der Waals surface area contributed by atoms with Crippen LogP contribution >= 0.6 is 0 Å². The molecule has 4 atom stereocenters. The van der Waals surface area contributed by atoms with E-state index in [1.165, 1.54) is 13.8 Å². The second-order valence-corrected chi connectivity index (χ2v) is 7.24. The van der Waals surface area contributed by atoms with Crippen molar-refractivity contribution in [2.24, 2.45) is 23.4 Å². The van der Waals surface area contributed by atoms with Crippen LogP contribution in [0.4, 0.5) is 0 Å². The van der Waals surface area contributed by atoms with E-state index in [1.807, 2.05) is 0 Å². The van der Waals surface area contributed by atoms with Crippen molar-refractivity contribution in [2.45, 2.75) is 64.9 Å². The third-order valence-corrected chi connectivity index (χ3v) is 4.59. The molecule has 1 saturated heterocycles. The number of carbonyl (C=O) groups is 1. The van der Waals surface area contributed by atoms with E-state index in [2.05, 4.69) is 0 Å². The fraction of sp³-hybridized carbons (Fsp3) is 0.708. The molecule has 0 aliphatic carbocycles. The van der Waals surface area contributed by atoms with Gasteiger partial charge in [0.25, 0.3) is 0 Å². The van der Waals surface area contributed by atoms with Gasteiger partial charge in [0, 0.05) is 47.8 Å². The molecule has 1 fully saturated rings. The number of benzene rings is 1. The second-order valence-electron chi connectivity index (χ2n) is 7.24. The summed E-state index contributed by atoms with van der Waals surface area (Å²) < 4.78 is 175. The van der Waals surface area contributed by atoms with Crippen molar-refractivity contribution in [1.29, 1.82) is 0 Å². The summed E-state index contributed by atoms with van der Waals surface area (Å²) in [4.78, 5) is 14.3. The van der Waals surface area contributed by atoms with E-state index in [-0.39, 0.29) is 12.0 Å². The highest BCUT2D eigenvalue weighted by Gasteiger charge is 2.41. The van der Waals surface area contributed by atoms with Crippen LogP contribution in [-0.4, -0.2) is 50.2 Å². The lowest BCUT2D eigenvalue weighted by atomic mass is 9.79. The van der Waals surface area contributed by atoms with Gasteiger partial charge in [0.05, 0.1) is 23.7 Å². The highest BCUT2D eigenvalue weighted by molar-refractivity contribution is 5.76. The van der Waals surface area contributed by atoms with Crippen LogP contribution in [0.5, 0.6) is 11.5 Å². The summed E-state index contributed by atoms with van der Waals surface area (Å²) in [5.41, 5.74) is 4.85. The zero-order valence-corrected chi connectivity index (χ0v) is 16.9. The lowest BCUT2D eigenvalue weighted by molar-refractivity contribution is -0.160. The van der Waals surface area contributed by atoms with E-state index in [0.29, 0.717) is 4.90 Å². The highest BCUT2D eigenvalue weighted by atomic mass is 16.5. The molecule has 2 aliphatic rings. The molecule has 0 aromatic heterocycles. The van der Waals surface area contributed by atoms with Crippen LogP contribution in [-0.2, 0) is 16.0 Å². The summed E-state index contributed by atoms with van der Waals surface area (Å²) in [7, 11) is -2.05. The van der Waals surface area contributed by atoms with Crippen molar-refractivity contribution in [2.75, 3.05) is 27.2 Å². The minimum Gasteiger partial charge on any atom is -0.493 e. The first-order valence-corrected chi connectivity index (χ1v) is 9.28. The first kappa shape index (κ1) is 8.62. The third-order valence-electron chi connectivity index (χ3n) is 4.59.